The van der Waals surface area contributed by atoms with Gasteiger partial charge in [-0.15, -0.1) is 5.10 Å². The molecule has 2 amide bonds. The maximum atomic E-state index is 13.5. The maximum absolute atomic E-state index is 13.5. The van der Waals surface area contributed by atoms with Crippen molar-refractivity contribution in [1.82, 2.24) is 29.5 Å². The quantitative estimate of drug-likeness (QED) is 0.602. The summed E-state index contributed by atoms with van der Waals surface area (Å²) in [6, 6.07) is 7.46. The summed E-state index contributed by atoms with van der Waals surface area (Å²) >= 11 is 6.38. The summed E-state index contributed by atoms with van der Waals surface area (Å²) in [6.45, 7) is 1.09. The lowest BCUT2D eigenvalue weighted by Gasteiger charge is -2.32. The predicted octanol–water partition coefficient (Wildman–Crippen LogP) is 4.18. The molecule has 1 saturated heterocycles. The number of carbonyl (C=O) groups excluding carboxylic acids is 1. The van der Waals surface area contributed by atoms with Gasteiger partial charge in [-0.3, -0.25) is 4.98 Å². The lowest BCUT2D eigenvalue weighted by atomic mass is 10.1. The largest absolute Gasteiger partial charge is 0.351 e. The number of nitrogens with one attached hydrogen (secondary N) is 1. The second kappa shape index (κ2) is 9.58. The molecule has 1 aliphatic heterocycles. The SMILES string of the molecule is O=C(NC1CCCC1)N1CCC(n2nc(-c3ccncc3Cl)n(-c3ccc(F)cc3)c2=O)CC1. The van der Waals surface area contributed by atoms with E-state index in [1.54, 1.807) is 12.3 Å². The van der Waals surface area contributed by atoms with Gasteiger partial charge in [-0.25, -0.2) is 23.2 Å². The summed E-state index contributed by atoms with van der Waals surface area (Å²) in [5, 5.41) is 8.15. The van der Waals surface area contributed by atoms with Crippen LogP contribution < -0.4 is 11.0 Å². The highest BCUT2D eigenvalue weighted by atomic mass is 35.5. The highest BCUT2D eigenvalue weighted by Gasteiger charge is 2.29. The predicted molar refractivity (Wildman–Crippen MR) is 127 cm³/mol. The van der Waals surface area contributed by atoms with Gasteiger partial charge in [-0.05, 0) is 56.0 Å². The molecule has 0 radical (unpaired) electrons. The number of rotatable bonds is 4. The van der Waals surface area contributed by atoms with Gasteiger partial charge in [0.15, 0.2) is 5.82 Å². The average molecular weight is 485 g/mol. The summed E-state index contributed by atoms with van der Waals surface area (Å²) in [5.41, 5.74) is 0.725. The summed E-state index contributed by atoms with van der Waals surface area (Å²) in [6.07, 6.45) is 8.71. The second-order valence-electron chi connectivity index (χ2n) is 8.87. The molecule has 1 aliphatic carbocycles. The fourth-order valence-corrected chi connectivity index (χ4v) is 5.03. The van der Waals surface area contributed by atoms with E-state index in [0.29, 0.717) is 48.0 Å². The Labute approximate surface area is 201 Å². The van der Waals surface area contributed by atoms with E-state index in [9.17, 15) is 14.0 Å². The molecule has 10 heteroatoms. The van der Waals surface area contributed by atoms with Crippen LogP contribution in [0.3, 0.4) is 0 Å². The molecule has 0 spiro atoms. The van der Waals surface area contributed by atoms with E-state index in [4.69, 9.17) is 11.6 Å². The van der Waals surface area contributed by atoms with Crippen molar-refractivity contribution in [2.75, 3.05) is 13.1 Å². The van der Waals surface area contributed by atoms with E-state index in [-0.39, 0.29) is 23.8 Å². The number of hydrogen-bond acceptors (Lipinski definition) is 4. The monoisotopic (exact) mass is 484 g/mol. The van der Waals surface area contributed by atoms with Gasteiger partial charge in [0.05, 0.1) is 16.8 Å². The first-order valence-electron chi connectivity index (χ1n) is 11.6. The molecule has 0 unspecified atom stereocenters. The Morgan fingerprint density at radius 2 is 1.76 bits per heavy atom. The fraction of sp³-hybridized carbons (Fsp3) is 0.417. The minimum absolute atomic E-state index is 0.0289. The summed E-state index contributed by atoms with van der Waals surface area (Å²) in [4.78, 5) is 32.0. The molecule has 2 aliphatic rings. The third kappa shape index (κ3) is 4.44. The highest BCUT2D eigenvalue weighted by Crippen LogP contribution is 2.29. The van der Waals surface area contributed by atoms with E-state index >= 15 is 0 Å². The number of urea groups is 1. The number of hydrogen-bond donors (Lipinski definition) is 1. The van der Waals surface area contributed by atoms with Crippen LogP contribution in [0.15, 0.2) is 47.5 Å². The molecule has 1 saturated carbocycles. The maximum Gasteiger partial charge on any atom is 0.351 e. The van der Waals surface area contributed by atoms with Crippen LogP contribution in [-0.2, 0) is 0 Å². The van der Waals surface area contributed by atoms with E-state index in [1.807, 2.05) is 4.90 Å². The molecule has 34 heavy (non-hydrogen) atoms. The normalized spacial score (nSPS) is 17.3. The number of halogens is 2. The summed E-state index contributed by atoms with van der Waals surface area (Å²) < 4.78 is 16.5. The van der Waals surface area contributed by atoms with Crippen molar-refractivity contribution in [3.8, 4) is 17.1 Å². The van der Waals surface area contributed by atoms with Crippen LogP contribution in [0, 0.1) is 5.82 Å². The van der Waals surface area contributed by atoms with Crippen molar-refractivity contribution < 1.29 is 9.18 Å². The number of benzene rings is 1. The minimum atomic E-state index is -0.393. The van der Waals surface area contributed by atoms with E-state index < -0.39 is 5.82 Å². The van der Waals surface area contributed by atoms with Crippen molar-refractivity contribution in [1.29, 1.82) is 0 Å². The van der Waals surface area contributed by atoms with Crippen molar-refractivity contribution in [3.05, 3.63) is 64.0 Å². The minimum Gasteiger partial charge on any atom is -0.335 e. The molecule has 5 rings (SSSR count). The van der Waals surface area contributed by atoms with Crippen LogP contribution in [0.5, 0.6) is 0 Å². The Kier molecular flexibility index (Phi) is 6.36. The van der Waals surface area contributed by atoms with Crippen LogP contribution in [-0.4, -0.2) is 49.4 Å². The second-order valence-corrected chi connectivity index (χ2v) is 9.27. The molecule has 3 aromatic rings. The summed E-state index contributed by atoms with van der Waals surface area (Å²) in [7, 11) is 0. The van der Waals surface area contributed by atoms with Crippen molar-refractivity contribution in [2.45, 2.75) is 50.6 Å². The highest BCUT2D eigenvalue weighted by molar-refractivity contribution is 6.33. The molecule has 2 aromatic heterocycles. The van der Waals surface area contributed by atoms with Crippen molar-refractivity contribution in [2.24, 2.45) is 0 Å². The molecule has 3 heterocycles. The van der Waals surface area contributed by atoms with E-state index in [0.717, 1.165) is 25.7 Å². The van der Waals surface area contributed by atoms with Gasteiger partial charge in [0.25, 0.3) is 0 Å². The number of likely N-dealkylation sites (tertiary alicyclic amines) is 1. The molecule has 8 nitrogen and oxygen atoms in total. The molecule has 0 bridgehead atoms. The van der Waals surface area contributed by atoms with Crippen LogP contribution in [0.4, 0.5) is 9.18 Å². The Morgan fingerprint density at radius 3 is 2.44 bits per heavy atom. The topological polar surface area (TPSA) is 85.1 Å². The van der Waals surface area contributed by atoms with Gasteiger partial charge in [0.2, 0.25) is 0 Å². The molecular weight excluding hydrogens is 459 g/mol. The average Bonchev–Trinajstić information content (AvgIpc) is 3.48. The molecule has 1 aromatic carbocycles. The van der Waals surface area contributed by atoms with Crippen molar-refractivity contribution in [3.63, 3.8) is 0 Å². The van der Waals surface area contributed by atoms with Gasteiger partial charge < -0.3 is 10.2 Å². The van der Waals surface area contributed by atoms with Gasteiger partial charge in [0, 0.05) is 37.1 Å². The number of aromatic nitrogens is 4. The fourth-order valence-electron chi connectivity index (χ4n) is 4.82. The number of carbonyl (C=O) groups is 1. The van der Waals surface area contributed by atoms with Gasteiger partial charge in [-0.2, -0.15) is 0 Å². The van der Waals surface area contributed by atoms with Crippen LogP contribution in [0.1, 0.15) is 44.6 Å². The number of amides is 2. The van der Waals surface area contributed by atoms with E-state index in [2.05, 4.69) is 15.4 Å². The number of piperidine rings is 1. The standard InChI is InChI=1S/C24H26ClFN6O2/c25-21-15-27-12-9-20(21)22-29-32(24(34)31(22)18-7-5-16(26)6-8-18)19-10-13-30(14-11-19)23(33)28-17-3-1-2-4-17/h5-9,12,15,17,19H,1-4,10-11,13-14H2,(H,28,33). The zero-order valence-corrected chi connectivity index (χ0v) is 19.4. The first-order valence-corrected chi connectivity index (χ1v) is 12.0. The third-order valence-electron chi connectivity index (χ3n) is 6.68. The molecule has 178 valence electrons. The number of nitrogens with zero attached hydrogens (tertiary/aromatic N) is 5. The van der Waals surface area contributed by atoms with Gasteiger partial charge in [-0.1, -0.05) is 24.4 Å². The molecular formula is C24H26ClFN6O2. The summed E-state index contributed by atoms with van der Waals surface area (Å²) in [5.74, 6) is -0.0265. The lowest BCUT2D eigenvalue weighted by molar-refractivity contribution is 0.164. The number of pyridine rings is 1. The van der Waals surface area contributed by atoms with Crippen LogP contribution in [0.25, 0.3) is 17.1 Å². The third-order valence-corrected chi connectivity index (χ3v) is 6.98. The van der Waals surface area contributed by atoms with Gasteiger partial charge in [0.1, 0.15) is 5.82 Å². The zero-order chi connectivity index (χ0) is 23.7. The van der Waals surface area contributed by atoms with Crippen molar-refractivity contribution >= 4 is 17.6 Å². The first kappa shape index (κ1) is 22.6. The Morgan fingerprint density at radius 1 is 1.06 bits per heavy atom. The lowest BCUT2D eigenvalue weighted by Crippen LogP contribution is -2.48. The van der Waals surface area contributed by atoms with Crippen LogP contribution >= 0.6 is 11.6 Å². The molecule has 1 N–H and O–H groups in total. The molecule has 0 atom stereocenters. The first-order chi connectivity index (χ1) is 16.5. The van der Waals surface area contributed by atoms with Gasteiger partial charge >= 0.3 is 11.7 Å². The Bertz CT molecular complexity index is 1230. The smallest absolute Gasteiger partial charge is 0.335 e. The zero-order valence-electron chi connectivity index (χ0n) is 18.7. The molecule has 2 fully saturated rings. The van der Waals surface area contributed by atoms with E-state index in [1.165, 1.54) is 39.7 Å². The van der Waals surface area contributed by atoms with Crippen LogP contribution in [0.2, 0.25) is 5.02 Å². The Balaban J connectivity index is 1.42. The Hall–Kier alpha value is -3.20.